The van der Waals surface area contributed by atoms with Crippen molar-refractivity contribution < 1.29 is 22.7 Å². The monoisotopic (exact) mass is 395 g/mol. The molecule has 0 aliphatic carbocycles. The van der Waals surface area contributed by atoms with Crippen LogP contribution in [0, 0.1) is 20.8 Å². The SMILES string of the molecule is CCOC(=O)c1c(NC(=O)CS(=O)(=O)c2ccc(C)cc2)sc(C)c1C. The van der Waals surface area contributed by atoms with Gasteiger partial charge in [-0.15, -0.1) is 11.3 Å². The van der Waals surface area contributed by atoms with Crippen LogP contribution in [-0.4, -0.2) is 32.7 Å². The lowest BCUT2D eigenvalue weighted by atomic mass is 10.1. The molecule has 8 heteroatoms. The van der Waals surface area contributed by atoms with Crippen LogP contribution < -0.4 is 5.32 Å². The Kier molecular flexibility index (Phi) is 6.20. The molecule has 1 aromatic carbocycles. The minimum absolute atomic E-state index is 0.0856. The van der Waals surface area contributed by atoms with E-state index in [2.05, 4.69) is 5.32 Å². The van der Waals surface area contributed by atoms with Crippen molar-refractivity contribution in [1.82, 2.24) is 0 Å². The van der Waals surface area contributed by atoms with Gasteiger partial charge in [0.1, 0.15) is 10.8 Å². The summed E-state index contributed by atoms with van der Waals surface area (Å²) in [5, 5.41) is 2.86. The minimum atomic E-state index is -3.77. The molecule has 2 aromatic rings. The van der Waals surface area contributed by atoms with Crippen molar-refractivity contribution in [2.24, 2.45) is 0 Å². The second-order valence-corrected chi connectivity index (χ2v) is 9.04. The molecule has 1 N–H and O–H groups in total. The third-order valence-electron chi connectivity index (χ3n) is 3.82. The van der Waals surface area contributed by atoms with Crippen LogP contribution in [0.15, 0.2) is 29.2 Å². The molecular weight excluding hydrogens is 374 g/mol. The molecule has 2 rings (SSSR count). The summed E-state index contributed by atoms with van der Waals surface area (Å²) in [6.45, 7) is 7.33. The van der Waals surface area contributed by atoms with E-state index in [-0.39, 0.29) is 17.1 Å². The van der Waals surface area contributed by atoms with Crippen LogP contribution in [0.2, 0.25) is 0 Å². The van der Waals surface area contributed by atoms with E-state index in [1.165, 1.54) is 23.5 Å². The molecule has 6 nitrogen and oxygen atoms in total. The van der Waals surface area contributed by atoms with E-state index in [0.717, 1.165) is 10.4 Å². The zero-order chi connectivity index (χ0) is 19.5. The largest absolute Gasteiger partial charge is 0.462 e. The number of benzene rings is 1. The zero-order valence-electron chi connectivity index (χ0n) is 15.1. The Balaban J connectivity index is 2.21. The van der Waals surface area contributed by atoms with Gasteiger partial charge < -0.3 is 10.1 Å². The van der Waals surface area contributed by atoms with Crippen molar-refractivity contribution >= 4 is 38.1 Å². The lowest BCUT2D eigenvalue weighted by Crippen LogP contribution is -2.23. The Morgan fingerprint density at radius 3 is 2.31 bits per heavy atom. The maximum atomic E-state index is 12.4. The first-order valence-electron chi connectivity index (χ1n) is 8.02. The topological polar surface area (TPSA) is 89.5 Å². The van der Waals surface area contributed by atoms with Crippen molar-refractivity contribution in [1.29, 1.82) is 0 Å². The van der Waals surface area contributed by atoms with Crippen LogP contribution in [-0.2, 0) is 19.4 Å². The molecule has 0 aliphatic heterocycles. The fourth-order valence-corrected chi connectivity index (χ4v) is 4.53. The molecule has 0 unspecified atom stereocenters. The van der Waals surface area contributed by atoms with Crippen LogP contribution in [0.1, 0.15) is 33.3 Å². The predicted octanol–water partition coefficient (Wildman–Crippen LogP) is 3.26. The van der Waals surface area contributed by atoms with Gasteiger partial charge in [-0.05, 0) is 45.4 Å². The number of sulfone groups is 1. The average Bonchev–Trinajstić information content (AvgIpc) is 2.81. The molecule has 0 aliphatic rings. The van der Waals surface area contributed by atoms with Crippen LogP contribution >= 0.6 is 11.3 Å². The molecule has 0 radical (unpaired) electrons. The summed E-state index contributed by atoms with van der Waals surface area (Å²) in [6.07, 6.45) is 0. The number of hydrogen-bond donors (Lipinski definition) is 1. The van der Waals surface area contributed by atoms with Gasteiger partial charge in [-0.2, -0.15) is 0 Å². The van der Waals surface area contributed by atoms with Gasteiger partial charge >= 0.3 is 5.97 Å². The summed E-state index contributed by atoms with van der Waals surface area (Å²) in [5.41, 5.74) is 1.91. The smallest absolute Gasteiger partial charge is 0.341 e. The first kappa shape index (κ1) is 20.1. The van der Waals surface area contributed by atoms with Crippen LogP contribution in [0.3, 0.4) is 0 Å². The normalized spacial score (nSPS) is 11.2. The molecule has 0 saturated heterocycles. The maximum Gasteiger partial charge on any atom is 0.341 e. The van der Waals surface area contributed by atoms with Gasteiger partial charge in [-0.3, -0.25) is 4.79 Å². The summed E-state index contributed by atoms with van der Waals surface area (Å²) in [5.74, 6) is -1.93. The Labute approximate surface area is 157 Å². The van der Waals surface area contributed by atoms with Crippen molar-refractivity contribution in [3.63, 3.8) is 0 Å². The van der Waals surface area contributed by atoms with E-state index < -0.39 is 27.5 Å². The Morgan fingerprint density at radius 1 is 1.12 bits per heavy atom. The number of thiophene rings is 1. The van der Waals surface area contributed by atoms with Gasteiger partial charge in [-0.1, -0.05) is 17.7 Å². The van der Waals surface area contributed by atoms with Gasteiger partial charge in [0, 0.05) is 4.88 Å². The highest BCUT2D eigenvalue weighted by atomic mass is 32.2. The zero-order valence-corrected chi connectivity index (χ0v) is 16.7. The minimum Gasteiger partial charge on any atom is -0.462 e. The van der Waals surface area contributed by atoms with Gasteiger partial charge in [0.15, 0.2) is 9.84 Å². The van der Waals surface area contributed by atoms with Gasteiger partial charge in [0.05, 0.1) is 17.1 Å². The van der Waals surface area contributed by atoms with Gasteiger partial charge in [0.25, 0.3) is 0 Å². The van der Waals surface area contributed by atoms with Crippen molar-refractivity contribution in [3.8, 4) is 0 Å². The summed E-state index contributed by atoms with van der Waals surface area (Å²) in [7, 11) is -3.77. The third-order valence-corrected chi connectivity index (χ3v) is 6.57. The van der Waals surface area contributed by atoms with Crippen molar-refractivity contribution in [2.75, 3.05) is 17.7 Å². The first-order chi connectivity index (χ1) is 12.2. The molecule has 0 bridgehead atoms. The van der Waals surface area contributed by atoms with E-state index in [0.29, 0.717) is 10.6 Å². The summed E-state index contributed by atoms with van der Waals surface area (Å²) < 4.78 is 29.8. The molecule has 1 aromatic heterocycles. The predicted molar refractivity (Wildman–Crippen MR) is 102 cm³/mol. The fraction of sp³-hybridized carbons (Fsp3) is 0.333. The molecule has 26 heavy (non-hydrogen) atoms. The Hall–Kier alpha value is -2.19. The van der Waals surface area contributed by atoms with Gasteiger partial charge in [0.2, 0.25) is 5.91 Å². The van der Waals surface area contributed by atoms with Crippen LogP contribution in [0.5, 0.6) is 0 Å². The number of anilines is 1. The van der Waals surface area contributed by atoms with Gasteiger partial charge in [-0.25, -0.2) is 13.2 Å². The van der Waals surface area contributed by atoms with E-state index >= 15 is 0 Å². The summed E-state index contributed by atoms with van der Waals surface area (Å²) >= 11 is 1.22. The Morgan fingerprint density at radius 2 is 1.73 bits per heavy atom. The molecule has 0 atom stereocenters. The number of amides is 1. The molecule has 0 fully saturated rings. The standard InChI is InChI=1S/C18H21NO5S2/c1-5-24-18(21)16-12(3)13(4)25-17(16)19-15(20)10-26(22,23)14-8-6-11(2)7-9-14/h6-9H,5,10H2,1-4H3,(H,19,20). The lowest BCUT2D eigenvalue weighted by molar-refractivity contribution is -0.113. The molecular formula is C18H21NO5S2. The highest BCUT2D eigenvalue weighted by Gasteiger charge is 2.24. The van der Waals surface area contributed by atoms with E-state index in [4.69, 9.17) is 4.74 Å². The van der Waals surface area contributed by atoms with Crippen LogP contribution in [0.25, 0.3) is 0 Å². The molecule has 0 spiro atoms. The highest BCUT2D eigenvalue weighted by molar-refractivity contribution is 7.92. The maximum absolute atomic E-state index is 12.4. The first-order valence-corrected chi connectivity index (χ1v) is 10.5. The number of nitrogens with one attached hydrogen (secondary N) is 1. The Bertz CT molecular complexity index is 927. The van der Waals surface area contributed by atoms with Crippen molar-refractivity contribution in [3.05, 3.63) is 45.8 Å². The van der Waals surface area contributed by atoms with E-state index in [1.807, 2.05) is 13.8 Å². The average molecular weight is 396 g/mol. The number of ether oxygens (including phenoxy) is 1. The number of rotatable bonds is 6. The molecule has 1 heterocycles. The number of carbonyl (C=O) groups excluding carboxylic acids is 2. The second kappa shape index (κ2) is 8.01. The molecule has 0 saturated carbocycles. The fourth-order valence-electron chi connectivity index (χ4n) is 2.33. The van der Waals surface area contributed by atoms with E-state index in [1.54, 1.807) is 26.0 Å². The number of hydrogen-bond acceptors (Lipinski definition) is 6. The molecule has 1 amide bonds. The molecule has 140 valence electrons. The quantitative estimate of drug-likeness (QED) is 0.758. The van der Waals surface area contributed by atoms with Crippen molar-refractivity contribution in [2.45, 2.75) is 32.6 Å². The lowest BCUT2D eigenvalue weighted by Gasteiger charge is -2.08. The van der Waals surface area contributed by atoms with E-state index in [9.17, 15) is 18.0 Å². The summed E-state index contributed by atoms with van der Waals surface area (Å²) in [6, 6.07) is 6.30. The highest BCUT2D eigenvalue weighted by Crippen LogP contribution is 2.33. The third kappa shape index (κ3) is 4.50. The summed E-state index contributed by atoms with van der Waals surface area (Å²) in [4.78, 5) is 25.4. The number of esters is 1. The van der Waals surface area contributed by atoms with Crippen LogP contribution in [0.4, 0.5) is 5.00 Å². The number of carbonyl (C=O) groups is 2. The second-order valence-electron chi connectivity index (χ2n) is 5.83. The number of aryl methyl sites for hydroxylation is 2.